The summed E-state index contributed by atoms with van der Waals surface area (Å²) in [6.45, 7) is 0.686. The molecule has 0 saturated heterocycles. The van der Waals surface area contributed by atoms with Gasteiger partial charge in [0.25, 0.3) is 5.09 Å². The summed E-state index contributed by atoms with van der Waals surface area (Å²) in [4.78, 5) is 14.4. The lowest BCUT2D eigenvalue weighted by atomic mass is 9.88. The van der Waals surface area contributed by atoms with Crippen LogP contribution in [0.1, 0.15) is 25.7 Å². The van der Waals surface area contributed by atoms with E-state index >= 15 is 0 Å². The van der Waals surface area contributed by atoms with Crippen molar-refractivity contribution in [3.63, 3.8) is 0 Å². The van der Waals surface area contributed by atoms with Crippen molar-refractivity contribution in [3.05, 3.63) is 10.1 Å². The van der Waals surface area contributed by atoms with Crippen LogP contribution in [0.5, 0.6) is 0 Å². The normalized spacial score (nSPS) is 29.8. The van der Waals surface area contributed by atoms with E-state index in [2.05, 4.69) is 4.84 Å². The minimum absolute atomic E-state index is 0.192. The first-order valence-electron chi connectivity index (χ1n) is 4.23. The fourth-order valence-electron chi connectivity index (χ4n) is 1.59. The summed E-state index contributed by atoms with van der Waals surface area (Å²) in [6.07, 6.45) is 3.25. The second-order valence-electron chi connectivity index (χ2n) is 3.21. The molecule has 1 fully saturated rings. The molecule has 0 aromatic heterocycles. The highest BCUT2D eigenvalue weighted by Crippen LogP contribution is 2.25. The third-order valence-corrected chi connectivity index (χ3v) is 2.36. The second-order valence-corrected chi connectivity index (χ2v) is 3.21. The maximum Gasteiger partial charge on any atom is 0.294 e. The molecular formula is C7H14N2O3. The summed E-state index contributed by atoms with van der Waals surface area (Å²) in [5.74, 6) is 0.539. The van der Waals surface area contributed by atoms with Crippen molar-refractivity contribution >= 4 is 0 Å². The van der Waals surface area contributed by atoms with Crippen molar-refractivity contribution in [2.45, 2.75) is 31.8 Å². The molecule has 0 aromatic carbocycles. The number of rotatable bonds is 3. The fourth-order valence-corrected chi connectivity index (χ4v) is 1.59. The largest absolute Gasteiger partial charge is 0.330 e. The van der Waals surface area contributed by atoms with Gasteiger partial charge in [-0.3, -0.25) is 0 Å². The van der Waals surface area contributed by atoms with E-state index in [1.54, 1.807) is 0 Å². The second kappa shape index (κ2) is 4.25. The van der Waals surface area contributed by atoms with Crippen molar-refractivity contribution in [2.75, 3.05) is 6.54 Å². The van der Waals surface area contributed by atoms with Crippen LogP contribution in [0.2, 0.25) is 0 Å². The van der Waals surface area contributed by atoms with E-state index in [1.807, 2.05) is 0 Å². The molecule has 0 unspecified atom stereocenters. The van der Waals surface area contributed by atoms with E-state index in [9.17, 15) is 10.1 Å². The Kier molecular flexibility index (Phi) is 3.28. The summed E-state index contributed by atoms with van der Waals surface area (Å²) < 4.78 is 0. The topological polar surface area (TPSA) is 78.4 Å². The van der Waals surface area contributed by atoms with Gasteiger partial charge in [-0.2, -0.15) is 0 Å². The summed E-state index contributed by atoms with van der Waals surface area (Å²) in [6, 6.07) is 0. The molecule has 0 radical (unpaired) electrons. The average molecular weight is 174 g/mol. The fraction of sp³-hybridized carbons (Fsp3) is 1.00. The van der Waals surface area contributed by atoms with Gasteiger partial charge in [0.2, 0.25) is 0 Å². The number of nitrogens with zero attached hydrogens (tertiary/aromatic N) is 1. The van der Waals surface area contributed by atoms with E-state index in [1.165, 1.54) is 0 Å². The third-order valence-electron chi connectivity index (χ3n) is 2.36. The van der Waals surface area contributed by atoms with Gasteiger partial charge in [0.15, 0.2) is 0 Å². The van der Waals surface area contributed by atoms with Crippen LogP contribution < -0.4 is 5.73 Å². The number of hydrogen-bond donors (Lipinski definition) is 1. The zero-order valence-corrected chi connectivity index (χ0v) is 6.94. The maximum atomic E-state index is 9.98. The summed E-state index contributed by atoms with van der Waals surface area (Å²) >= 11 is 0. The lowest BCUT2D eigenvalue weighted by Crippen LogP contribution is -2.27. The summed E-state index contributed by atoms with van der Waals surface area (Å²) in [7, 11) is 0. The van der Waals surface area contributed by atoms with Crippen molar-refractivity contribution in [1.29, 1.82) is 0 Å². The van der Waals surface area contributed by atoms with E-state index in [0.717, 1.165) is 25.7 Å². The first kappa shape index (κ1) is 9.25. The highest BCUT2D eigenvalue weighted by atomic mass is 17.0. The number of hydrogen-bond acceptors (Lipinski definition) is 4. The number of nitrogens with two attached hydrogens (primary N) is 1. The third kappa shape index (κ3) is 2.65. The minimum atomic E-state index is -0.701. The molecule has 0 heterocycles. The highest BCUT2D eigenvalue weighted by Gasteiger charge is 2.22. The maximum absolute atomic E-state index is 9.98. The Balaban J connectivity index is 2.21. The monoisotopic (exact) mass is 174 g/mol. The summed E-state index contributed by atoms with van der Waals surface area (Å²) in [5, 5.41) is 9.28. The molecule has 0 aromatic rings. The van der Waals surface area contributed by atoms with Crippen molar-refractivity contribution in [3.8, 4) is 0 Å². The first-order chi connectivity index (χ1) is 5.72. The van der Waals surface area contributed by atoms with Crippen LogP contribution in [-0.2, 0) is 4.84 Å². The van der Waals surface area contributed by atoms with Gasteiger partial charge in [-0.05, 0) is 38.1 Å². The first-order valence-corrected chi connectivity index (χ1v) is 4.23. The standard InChI is InChI=1S/C7H14N2O3/c8-5-6-1-3-7(4-2-6)12-9(10)11/h6-7H,1-5,8H2. The minimum Gasteiger partial charge on any atom is -0.330 e. The highest BCUT2D eigenvalue weighted by molar-refractivity contribution is 4.72. The van der Waals surface area contributed by atoms with Crippen LogP contribution in [-0.4, -0.2) is 17.7 Å². The van der Waals surface area contributed by atoms with Crippen LogP contribution in [0, 0.1) is 16.0 Å². The van der Waals surface area contributed by atoms with Crippen molar-refractivity contribution < 1.29 is 9.92 Å². The average Bonchev–Trinajstić information content (AvgIpc) is 2.05. The Morgan fingerprint density at radius 2 is 2.00 bits per heavy atom. The molecule has 0 aliphatic heterocycles. The molecule has 5 heteroatoms. The van der Waals surface area contributed by atoms with Crippen LogP contribution >= 0.6 is 0 Å². The molecule has 1 rings (SSSR count). The van der Waals surface area contributed by atoms with Crippen molar-refractivity contribution in [2.24, 2.45) is 11.7 Å². The smallest absolute Gasteiger partial charge is 0.294 e. The van der Waals surface area contributed by atoms with Crippen LogP contribution in [0.25, 0.3) is 0 Å². The van der Waals surface area contributed by atoms with Gasteiger partial charge in [0.05, 0.1) is 0 Å². The molecule has 70 valence electrons. The molecule has 5 nitrogen and oxygen atoms in total. The molecule has 0 atom stereocenters. The van der Waals surface area contributed by atoms with Crippen LogP contribution in [0.3, 0.4) is 0 Å². The SMILES string of the molecule is NCC1CCC(O[N+](=O)[O-])CC1. The van der Waals surface area contributed by atoms with Gasteiger partial charge in [0, 0.05) is 0 Å². The van der Waals surface area contributed by atoms with Gasteiger partial charge < -0.3 is 10.6 Å². The van der Waals surface area contributed by atoms with Gasteiger partial charge >= 0.3 is 0 Å². The van der Waals surface area contributed by atoms with Gasteiger partial charge in [-0.15, -0.1) is 10.1 Å². The molecule has 1 aliphatic rings. The summed E-state index contributed by atoms with van der Waals surface area (Å²) in [5.41, 5.74) is 5.48. The Morgan fingerprint density at radius 1 is 1.42 bits per heavy atom. The quantitative estimate of drug-likeness (QED) is 0.505. The molecule has 0 spiro atoms. The van der Waals surface area contributed by atoms with Crippen LogP contribution in [0.4, 0.5) is 0 Å². The zero-order chi connectivity index (χ0) is 8.97. The van der Waals surface area contributed by atoms with Gasteiger partial charge in [0.1, 0.15) is 6.10 Å². The predicted octanol–water partition coefficient (Wildman–Crippen LogP) is 0.712. The molecule has 1 saturated carbocycles. The Hall–Kier alpha value is -0.840. The Labute approximate surface area is 71.0 Å². The zero-order valence-electron chi connectivity index (χ0n) is 6.94. The van der Waals surface area contributed by atoms with Crippen molar-refractivity contribution in [1.82, 2.24) is 0 Å². The van der Waals surface area contributed by atoms with E-state index < -0.39 is 5.09 Å². The van der Waals surface area contributed by atoms with E-state index in [0.29, 0.717) is 12.5 Å². The van der Waals surface area contributed by atoms with E-state index in [4.69, 9.17) is 5.73 Å². The van der Waals surface area contributed by atoms with Gasteiger partial charge in [-0.1, -0.05) is 0 Å². The lowest BCUT2D eigenvalue weighted by Gasteiger charge is -2.25. The lowest BCUT2D eigenvalue weighted by molar-refractivity contribution is -0.769. The van der Waals surface area contributed by atoms with E-state index in [-0.39, 0.29) is 6.10 Å². The Bertz CT molecular complexity index is 155. The molecule has 1 aliphatic carbocycles. The molecular weight excluding hydrogens is 160 g/mol. The molecule has 12 heavy (non-hydrogen) atoms. The van der Waals surface area contributed by atoms with Crippen LogP contribution in [0.15, 0.2) is 0 Å². The van der Waals surface area contributed by atoms with Gasteiger partial charge in [-0.25, -0.2) is 0 Å². The Morgan fingerprint density at radius 3 is 2.42 bits per heavy atom. The molecule has 2 N–H and O–H groups in total. The molecule has 0 bridgehead atoms. The predicted molar refractivity (Wildman–Crippen MR) is 42.9 cm³/mol. The molecule has 0 amide bonds.